The highest BCUT2D eigenvalue weighted by molar-refractivity contribution is 5.86. The maximum atomic E-state index is 13.5. The second-order valence-electron chi connectivity index (χ2n) is 8.65. The Labute approximate surface area is 198 Å². The fourth-order valence-corrected chi connectivity index (χ4v) is 4.51. The first-order chi connectivity index (χ1) is 16.4. The van der Waals surface area contributed by atoms with Crippen molar-refractivity contribution in [3.63, 3.8) is 0 Å². The quantitative estimate of drug-likeness (QED) is 0.434. The second kappa shape index (κ2) is 10.2. The van der Waals surface area contributed by atoms with E-state index in [9.17, 15) is 9.59 Å². The van der Waals surface area contributed by atoms with Gasteiger partial charge in [-0.3, -0.25) is 4.79 Å². The highest BCUT2D eigenvalue weighted by atomic mass is 16.6. The third kappa shape index (κ3) is 4.88. The van der Waals surface area contributed by atoms with Gasteiger partial charge in [-0.1, -0.05) is 12.5 Å². The number of carbonyl (C=O) groups is 1. The van der Waals surface area contributed by atoms with Crippen LogP contribution in [0.5, 0.6) is 17.2 Å². The number of hydrogen-bond acceptors (Lipinski definition) is 7. The Morgan fingerprint density at radius 2 is 1.74 bits per heavy atom. The van der Waals surface area contributed by atoms with Crippen molar-refractivity contribution in [1.82, 2.24) is 0 Å². The molecule has 0 amide bonds. The number of hydrogen-bond donors (Lipinski definition) is 0. The van der Waals surface area contributed by atoms with Crippen molar-refractivity contribution in [2.45, 2.75) is 52.1 Å². The Morgan fingerprint density at radius 1 is 1.00 bits per heavy atom. The van der Waals surface area contributed by atoms with Crippen molar-refractivity contribution in [3.8, 4) is 28.6 Å². The van der Waals surface area contributed by atoms with Crippen LogP contribution in [0.4, 0.5) is 0 Å². The minimum absolute atomic E-state index is 0.0349. The zero-order valence-electron chi connectivity index (χ0n) is 20.1. The first-order valence-electron chi connectivity index (χ1n) is 11.5. The summed E-state index contributed by atoms with van der Waals surface area (Å²) in [5.41, 5.74) is 2.42. The Morgan fingerprint density at radius 3 is 2.44 bits per heavy atom. The number of methoxy groups -OCH3 is 2. The Balaban J connectivity index is 1.75. The Hall–Kier alpha value is -3.48. The third-order valence-corrected chi connectivity index (χ3v) is 6.13. The van der Waals surface area contributed by atoms with Crippen LogP contribution in [-0.4, -0.2) is 32.9 Å². The maximum Gasteiger partial charge on any atom is 0.344 e. The van der Waals surface area contributed by atoms with Crippen LogP contribution in [0.15, 0.2) is 39.5 Å². The van der Waals surface area contributed by atoms with Crippen molar-refractivity contribution in [3.05, 3.63) is 51.7 Å². The lowest BCUT2D eigenvalue weighted by Gasteiger charge is -2.21. The van der Waals surface area contributed by atoms with Crippen LogP contribution in [0.25, 0.3) is 22.3 Å². The minimum Gasteiger partial charge on any atom is -0.493 e. The van der Waals surface area contributed by atoms with Gasteiger partial charge in [0.2, 0.25) is 11.2 Å². The largest absolute Gasteiger partial charge is 0.493 e. The fourth-order valence-electron chi connectivity index (χ4n) is 4.51. The molecule has 0 spiro atoms. The summed E-state index contributed by atoms with van der Waals surface area (Å²) >= 11 is 0. The van der Waals surface area contributed by atoms with E-state index < -0.39 is 5.97 Å². The summed E-state index contributed by atoms with van der Waals surface area (Å²) in [6, 6.07) is 8.91. The van der Waals surface area contributed by atoms with Crippen molar-refractivity contribution in [1.29, 1.82) is 0 Å². The summed E-state index contributed by atoms with van der Waals surface area (Å²) in [4.78, 5) is 26.0. The third-order valence-electron chi connectivity index (χ3n) is 6.13. The molecule has 0 unspecified atom stereocenters. The van der Waals surface area contributed by atoms with E-state index in [0.717, 1.165) is 43.2 Å². The first-order valence-corrected chi connectivity index (χ1v) is 11.5. The number of ether oxygens (including phenoxy) is 4. The van der Waals surface area contributed by atoms with Gasteiger partial charge in [0.15, 0.2) is 23.9 Å². The zero-order chi connectivity index (χ0) is 24.2. The molecule has 1 saturated carbocycles. The lowest BCUT2D eigenvalue weighted by atomic mass is 9.98. The molecule has 1 fully saturated rings. The Bertz CT molecular complexity index is 1250. The number of benzene rings is 2. The smallest absolute Gasteiger partial charge is 0.344 e. The van der Waals surface area contributed by atoms with Crippen LogP contribution < -0.4 is 19.6 Å². The summed E-state index contributed by atoms with van der Waals surface area (Å²) in [6.45, 7) is 3.41. The molecule has 1 heterocycles. The molecule has 0 aliphatic heterocycles. The summed E-state index contributed by atoms with van der Waals surface area (Å²) in [5, 5.41) is 0.422. The topological polar surface area (TPSA) is 84.2 Å². The molecule has 0 saturated heterocycles. The average molecular weight is 467 g/mol. The summed E-state index contributed by atoms with van der Waals surface area (Å²) < 4.78 is 28.3. The van der Waals surface area contributed by atoms with Crippen molar-refractivity contribution in [2.24, 2.45) is 0 Å². The van der Waals surface area contributed by atoms with Crippen LogP contribution in [0.1, 0.15) is 43.2 Å². The number of aryl methyl sites for hydroxylation is 2. The number of esters is 1. The van der Waals surface area contributed by atoms with Crippen LogP contribution >= 0.6 is 0 Å². The van der Waals surface area contributed by atoms with Crippen molar-refractivity contribution < 1.29 is 28.2 Å². The summed E-state index contributed by atoms with van der Waals surface area (Å²) in [6.07, 6.45) is 4.90. The molecule has 180 valence electrons. The zero-order valence-corrected chi connectivity index (χ0v) is 20.1. The molecule has 0 bridgehead atoms. The lowest BCUT2D eigenvalue weighted by Crippen LogP contribution is -2.25. The second-order valence-corrected chi connectivity index (χ2v) is 8.65. The van der Waals surface area contributed by atoms with E-state index in [1.54, 1.807) is 25.3 Å². The molecule has 1 aromatic heterocycles. The van der Waals surface area contributed by atoms with Crippen LogP contribution in [0.2, 0.25) is 0 Å². The highest BCUT2D eigenvalue weighted by Gasteiger charge is 2.23. The van der Waals surface area contributed by atoms with Crippen LogP contribution in [-0.2, 0) is 9.53 Å². The van der Waals surface area contributed by atoms with E-state index in [4.69, 9.17) is 23.4 Å². The number of carbonyl (C=O) groups excluding carboxylic acids is 1. The molecule has 2 aromatic carbocycles. The van der Waals surface area contributed by atoms with Crippen molar-refractivity contribution in [2.75, 3.05) is 20.8 Å². The summed E-state index contributed by atoms with van der Waals surface area (Å²) in [5.74, 6) is 0.705. The van der Waals surface area contributed by atoms with Crippen LogP contribution in [0.3, 0.4) is 0 Å². The summed E-state index contributed by atoms with van der Waals surface area (Å²) in [7, 11) is 3.08. The number of rotatable bonds is 7. The Kier molecular flexibility index (Phi) is 7.10. The van der Waals surface area contributed by atoms with Gasteiger partial charge < -0.3 is 23.4 Å². The molecule has 1 aliphatic carbocycles. The minimum atomic E-state index is -0.495. The normalized spacial score (nSPS) is 14.1. The van der Waals surface area contributed by atoms with Crippen LogP contribution in [0, 0.1) is 13.8 Å². The maximum absolute atomic E-state index is 13.5. The molecule has 0 N–H and O–H groups in total. The fraction of sp³-hybridized carbons (Fsp3) is 0.407. The van der Waals surface area contributed by atoms with Gasteiger partial charge in [0.1, 0.15) is 11.7 Å². The number of fused-ring (bicyclic) bond motifs is 1. The lowest BCUT2D eigenvalue weighted by molar-refractivity contribution is -0.152. The van der Waals surface area contributed by atoms with Gasteiger partial charge in [-0.2, -0.15) is 0 Å². The van der Waals surface area contributed by atoms with Gasteiger partial charge in [-0.05, 0) is 74.9 Å². The molecule has 4 rings (SSSR count). The van der Waals surface area contributed by atoms with Gasteiger partial charge in [0.05, 0.1) is 19.6 Å². The molecule has 0 radical (unpaired) electrons. The van der Waals surface area contributed by atoms with E-state index in [0.29, 0.717) is 28.0 Å². The van der Waals surface area contributed by atoms with Gasteiger partial charge in [-0.15, -0.1) is 0 Å². The molecule has 0 atom stereocenters. The monoisotopic (exact) mass is 466 g/mol. The van der Waals surface area contributed by atoms with Gasteiger partial charge in [0, 0.05) is 5.56 Å². The molecule has 7 heteroatoms. The molecular formula is C27H30O7. The predicted octanol–water partition coefficient (Wildman–Crippen LogP) is 5.35. The van der Waals surface area contributed by atoms with E-state index in [1.165, 1.54) is 7.11 Å². The molecule has 1 aliphatic rings. The molecule has 34 heavy (non-hydrogen) atoms. The SMILES string of the molecule is COc1ccc(-c2oc3cc(C)cc(C)c3c(=O)c2OCC(=O)OC2CCCCC2)cc1OC. The van der Waals surface area contributed by atoms with Gasteiger partial charge in [-0.25, -0.2) is 4.79 Å². The first kappa shape index (κ1) is 23.7. The highest BCUT2D eigenvalue weighted by Crippen LogP contribution is 2.37. The van der Waals surface area contributed by atoms with Gasteiger partial charge >= 0.3 is 5.97 Å². The van der Waals surface area contributed by atoms with E-state index in [2.05, 4.69) is 0 Å². The van der Waals surface area contributed by atoms with E-state index >= 15 is 0 Å². The van der Waals surface area contributed by atoms with E-state index in [1.807, 2.05) is 26.0 Å². The average Bonchev–Trinajstić information content (AvgIpc) is 2.83. The molecular weight excluding hydrogens is 436 g/mol. The van der Waals surface area contributed by atoms with Crippen molar-refractivity contribution >= 4 is 16.9 Å². The predicted molar refractivity (Wildman–Crippen MR) is 129 cm³/mol. The molecule has 7 nitrogen and oxygen atoms in total. The molecule has 3 aromatic rings. The standard InChI is InChI=1S/C27H30O7/c1-16-12-17(2)24-22(13-16)34-26(18-10-11-20(30-3)21(14-18)31-4)27(25(24)29)32-15-23(28)33-19-8-6-5-7-9-19/h10-14,19H,5-9,15H2,1-4H3. The van der Waals surface area contributed by atoms with Gasteiger partial charge in [0.25, 0.3) is 0 Å². The van der Waals surface area contributed by atoms with E-state index in [-0.39, 0.29) is 29.6 Å².